The first-order chi connectivity index (χ1) is 15.5. The zero-order valence-corrected chi connectivity index (χ0v) is 17.5. The van der Waals surface area contributed by atoms with Crippen LogP contribution >= 0.6 is 0 Å². The zero-order valence-electron chi connectivity index (χ0n) is 17.5. The SMILES string of the molecule is C#C/C(=C\c1ccccc1C)OC1NC(=O)C1NC(=O)CNC(=O)OCc1ccccc1. The van der Waals surface area contributed by atoms with E-state index in [9.17, 15) is 14.4 Å². The van der Waals surface area contributed by atoms with E-state index in [2.05, 4.69) is 21.9 Å². The Morgan fingerprint density at radius 1 is 1.16 bits per heavy atom. The number of aryl methyl sites for hydroxylation is 1. The topological polar surface area (TPSA) is 106 Å². The molecule has 1 fully saturated rings. The lowest BCUT2D eigenvalue weighted by atomic mass is 10.1. The Morgan fingerprint density at radius 3 is 2.56 bits per heavy atom. The van der Waals surface area contributed by atoms with Crippen molar-refractivity contribution in [1.82, 2.24) is 16.0 Å². The molecule has 0 aliphatic carbocycles. The van der Waals surface area contributed by atoms with Crippen molar-refractivity contribution in [3.8, 4) is 12.3 Å². The highest BCUT2D eigenvalue weighted by molar-refractivity contribution is 5.94. The molecule has 0 aromatic heterocycles. The summed E-state index contributed by atoms with van der Waals surface area (Å²) in [5.41, 5.74) is 2.71. The van der Waals surface area contributed by atoms with Crippen LogP contribution in [-0.4, -0.2) is 36.7 Å². The minimum Gasteiger partial charge on any atom is -0.460 e. The maximum atomic E-state index is 12.1. The van der Waals surface area contributed by atoms with Crippen molar-refractivity contribution in [3.63, 3.8) is 0 Å². The second kappa shape index (κ2) is 10.7. The first-order valence-corrected chi connectivity index (χ1v) is 9.91. The molecule has 32 heavy (non-hydrogen) atoms. The summed E-state index contributed by atoms with van der Waals surface area (Å²) in [6.07, 6.45) is 5.65. The summed E-state index contributed by atoms with van der Waals surface area (Å²) in [4.78, 5) is 35.8. The lowest BCUT2D eigenvalue weighted by Gasteiger charge is -2.36. The molecule has 1 aliphatic heterocycles. The summed E-state index contributed by atoms with van der Waals surface area (Å²) in [5.74, 6) is 1.66. The van der Waals surface area contributed by atoms with Crippen LogP contribution < -0.4 is 16.0 Å². The summed E-state index contributed by atoms with van der Waals surface area (Å²) < 4.78 is 10.7. The number of benzene rings is 2. The van der Waals surface area contributed by atoms with Gasteiger partial charge in [0.1, 0.15) is 13.2 Å². The van der Waals surface area contributed by atoms with Gasteiger partial charge in [-0.1, -0.05) is 54.6 Å². The Bertz CT molecular complexity index is 1060. The molecule has 2 unspecified atom stereocenters. The molecule has 1 aliphatic rings. The molecule has 0 bridgehead atoms. The molecule has 8 heteroatoms. The van der Waals surface area contributed by atoms with Crippen LogP contribution in [0.1, 0.15) is 16.7 Å². The van der Waals surface area contributed by atoms with Crippen LogP contribution in [-0.2, 0) is 25.7 Å². The zero-order chi connectivity index (χ0) is 22.9. The van der Waals surface area contributed by atoms with E-state index in [1.54, 1.807) is 6.08 Å². The van der Waals surface area contributed by atoms with Crippen molar-refractivity contribution in [2.75, 3.05) is 6.54 Å². The number of hydrogen-bond donors (Lipinski definition) is 3. The van der Waals surface area contributed by atoms with Crippen LogP contribution in [0, 0.1) is 19.3 Å². The van der Waals surface area contributed by atoms with E-state index in [-0.39, 0.29) is 18.9 Å². The highest BCUT2D eigenvalue weighted by atomic mass is 16.5. The van der Waals surface area contributed by atoms with Gasteiger partial charge in [-0.15, -0.1) is 6.42 Å². The molecule has 3 amide bonds. The maximum absolute atomic E-state index is 12.1. The molecule has 3 N–H and O–H groups in total. The van der Waals surface area contributed by atoms with Crippen LogP contribution in [0.5, 0.6) is 0 Å². The fourth-order valence-corrected chi connectivity index (χ4v) is 2.88. The number of carbonyl (C=O) groups is 3. The summed E-state index contributed by atoms with van der Waals surface area (Å²) in [5, 5.41) is 7.39. The largest absolute Gasteiger partial charge is 0.460 e. The van der Waals surface area contributed by atoms with Gasteiger partial charge in [0.05, 0.1) is 0 Å². The Morgan fingerprint density at radius 2 is 1.88 bits per heavy atom. The van der Waals surface area contributed by atoms with E-state index in [0.717, 1.165) is 16.7 Å². The van der Waals surface area contributed by atoms with Gasteiger partial charge in [-0.3, -0.25) is 9.59 Å². The molecule has 8 nitrogen and oxygen atoms in total. The van der Waals surface area contributed by atoms with Crippen molar-refractivity contribution in [3.05, 3.63) is 77.0 Å². The highest BCUT2D eigenvalue weighted by Crippen LogP contribution is 2.17. The van der Waals surface area contributed by atoms with E-state index in [1.165, 1.54) is 0 Å². The van der Waals surface area contributed by atoms with Crippen molar-refractivity contribution in [2.24, 2.45) is 0 Å². The number of nitrogens with one attached hydrogen (secondary N) is 3. The van der Waals surface area contributed by atoms with Crippen molar-refractivity contribution in [1.29, 1.82) is 0 Å². The van der Waals surface area contributed by atoms with E-state index < -0.39 is 30.2 Å². The van der Waals surface area contributed by atoms with Gasteiger partial charge < -0.3 is 25.4 Å². The Labute approximate surface area is 186 Å². The first-order valence-electron chi connectivity index (χ1n) is 9.91. The van der Waals surface area contributed by atoms with E-state index in [4.69, 9.17) is 15.9 Å². The fraction of sp³-hybridized carbons (Fsp3) is 0.208. The average molecular weight is 433 g/mol. The van der Waals surface area contributed by atoms with Gasteiger partial charge in [0.2, 0.25) is 12.1 Å². The molecule has 0 saturated carbocycles. The van der Waals surface area contributed by atoms with Crippen LogP contribution in [0.15, 0.2) is 60.4 Å². The molecular weight excluding hydrogens is 410 g/mol. The average Bonchev–Trinajstić information content (AvgIpc) is 2.81. The molecular formula is C24H23N3O5. The lowest BCUT2D eigenvalue weighted by molar-refractivity contribution is -0.146. The number of hydrogen-bond acceptors (Lipinski definition) is 5. The Balaban J connectivity index is 1.47. The number of β-lactam (4-membered cyclic amide) rings is 1. The Hall–Kier alpha value is -4.25. The summed E-state index contributed by atoms with van der Waals surface area (Å²) in [6, 6.07) is 15.8. The molecule has 0 radical (unpaired) electrons. The van der Waals surface area contributed by atoms with Crippen molar-refractivity contribution >= 4 is 24.0 Å². The van der Waals surface area contributed by atoms with Gasteiger partial charge in [-0.2, -0.15) is 0 Å². The molecule has 2 aromatic carbocycles. The molecule has 1 heterocycles. The van der Waals surface area contributed by atoms with Gasteiger partial charge in [-0.05, 0) is 35.6 Å². The predicted octanol–water partition coefficient (Wildman–Crippen LogP) is 1.85. The summed E-state index contributed by atoms with van der Waals surface area (Å²) in [6.45, 7) is 1.66. The van der Waals surface area contributed by atoms with E-state index in [0.29, 0.717) is 0 Å². The number of terminal acetylenes is 1. The molecule has 3 rings (SSSR count). The smallest absolute Gasteiger partial charge is 0.407 e. The number of allylic oxidation sites excluding steroid dienone is 1. The van der Waals surface area contributed by atoms with Crippen LogP contribution in [0.4, 0.5) is 4.79 Å². The van der Waals surface area contributed by atoms with Gasteiger partial charge >= 0.3 is 6.09 Å². The molecule has 1 saturated heterocycles. The highest BCUT2D eigenvalue weighted by Gasteiger charge is 2.42. The minimum absolute atomic E-state index is 0.0807. The number of ether oxygens (including phenoxy) is 2. The molecule has 2 atom stereocenters. The summed E-state index contributed by atoms with van der Waals surface area (Å²) >= 11 is 0. The third-order valence-electron chi connectivity index (χ3n) is 4.66. The maximum Gasteiger partial charge on any atom is 0.407 e. The Kier molecular flexibility index (Phi) is 7.49. The first kappa shape index (κ1) is 22.4. The van der Waals surface area contributed by atoms with Crippen molar-refractivity contribution < 1.29 is 23.9 Å². The second-order valence-corrected chi connectivity index (χ2v) is 7.02. The monoisotopic (exact) mass is 433 g/mol. The summed E-state index contributed by atoms with van der Waals surface area (Å²) in [7, 11) is 0. The minimum atomic E-state index is -0.932. The third kappa shape index (κ3) is 6.12. The fourth-order valence-electron chi connectivity index (χ4n) is 2.88. The van der Waals surface area contributed by atoms with Crippen LogP contribution in [0.3, 0.4) is 0 Å². The van der Waals surface area contributed by atoms with E-state index in [1.807, 2.05) is 61.5 Å². The number of alkyl carbamates (subject to hydrolysis) is 1. The molecule has 164 valence electrons. The standard InChI is InChI=1S/C24H23N3O5/c1-3-19(13-18-12-8-7-9-16(18)2)32-23-21(22(29)27-23)26-20(28)14-25-24(30)31-15-17-10-5-4-6-11-17/h1,4-13,21,23H,14-15H2,2H3,(H,25,30)(H,26,28)(H,27,29)/b19-13+. The quantitative estimate of drug-likeness (QED) is 0.335. The van der Waals surface area contributed by atoms with Crippen LogP contribution in [0.2, 0.25) is 0 Å². The van der Waals surface area contributed by atoms with Crippen molar-refractivity contribution in [2.45, 2.75) is 25.8 Å². The van der Waals surface area contributed by atoms with Gasteiger partial charge in [0.25, 0.3) is 5.91 Å². The van der Waals surface area contributed by atoms with Gasteiger partial charge in [-0.25, -0.2) is 4.79 Å². The predicted molar refractivity (Wildman–Crippen MR) is 118 cm³/mol. The van der Waals surface area contributed by atoms with Crippen LogP contribution in [0.25, 0.3) is 6.08 Å². The van der Waals surface area contributed by atoms with Gasteiger partial charge in [0, 0.05) is 0 Å². The number of rotatable bonds is 8. The second-order valence-electron chi connectivity index (χ2n) is 7.02. The number of carbonyl (C=O) groups excluding carboxylic acids is 3. The lowest BCUT2D eigenvalue weighted by Crippen LogP contribution is -2.70. The normalized spacial score (nSPS) is 17.2. The van der Waals surface area contributed by atoms with E-state index >= 15 is 0 Å². The number of amides is 3. The molecule has 0 spiro atoms. The third-order valence-corrected chi connectivity index (χ3v) is 4.66. The van der Waals surface area contributed by atoms with Gasteiger partial charge in [0.15, 0.2) is 11.8 Å². The molecule has 2 aromatic rings.